The van der Waals surface area contributed by atoms with Crippen molar-refractivity contribution in [3.8, 4) is 5.75 Å². The van der Waals surface area contributed by atoms with Crippen molar-refractivity contribution in [1.29, 1.82) is 0 Å². The smallest absolute Gasteiger partial charge is 0.189 e. The summed E-state index contributed by atoms with van der Waals surface area (Å²) in [5.74, 6) is 0.544. The van der Waals surface area contributed by atoms with Gasteiger partial charge in [0.25, 0.3) is 0 Å². The third-order valence-electron chi connectivity index (χ3n) is 4.02. The fourth-order valence-electron chi connectivity index (χ4n) is 2.91. The molecule has 0 bridgehead atoms. The number of aryl methyl sites for hydroxylation is 1. The molecule has 3 rings (SSSR count). The molecule has 2 aromatic rings. The van der Waals surface area contributed by atoms with Crippen LogP contribution < -0.4 is 0 Å². The van der Waals surface area contributed by atoms with Crippen molar-refractivity contribution >= 4 is 23.5 Å². The number of aromatic hydroxyl groups is 1. The molecule has 0 aliphatic heterocycles. The summed E-state index contributed by atoms with van der Waals surface area (Å²) in [7, 11) is 0. The molecule has 1 aromatic heterocycles. The fourth-order valence-corrected chi connectivity index (χ4v) is 3.20. The molecule has 23 heavy (non-hydrogen) atoms. The molecule has 1 N–H and O–H groups in total. The van der Waals surface area contributed by atoms with E-state index in [1.165, 1.54) is 0 Å². The molecule has 0 spiro atoms. The van der Waals surface area contributed by atoms with Crippen LogP contribution in [0.2, 0.25) is 5.15 Å². The van der Waals surface area contributed by atoms with Crippen molar-refractivity contribution in [2.75, 3.05) is 0 Å². The van der Waals surface area contributed by atoms with Gasteiger partial charge in [0.05, 0.1) is 5.69 Å². The van der Waals surface area contributed by atoms with Crippen molar-refractivity contribution < 1.29 is 9.90 Å². The van der Waals surface area contributed by atoms with Crippen molar-refractivity contribution in [2.24, 2.45) is 5.92 Å². The number of aromatic nitrogens is 2. The summed E-state index contributed by atoms with van der Waals surface area (Å²) in [6.07, 6.45) is 2.23. The van der Waals surface area contributed by atoms with Gasteiger partial charge in [0, 0.05) is 35.2 Å². The number of benzene rings is 1. The predicted octanol–water partition coefficient (Wildman–Crippen LogP) is 4.03. The topological polar surface area (TPSA) is 55.1 Å². The van der Waals surface area contributed by atoms with Gasteiger partial charge in [-0.25, -0.2) is 0 Å². The summed E-state index contributed by atoms with van der Waals surface area (Å²) >= 11 is 6.44. The summed E-state index contributed by atoms with van der Waals surface area (Å²) in [5.41, 5.74) is 3.47. The number of phenolic OH excluding ortho intramolecular Hbond substituents is 1. The summed E-state index contributed by atoms with van der Waals surface area (Å²) in [6, 6.07) is 5.04. The second-order valence-electron chi connectivity index (χ2n) is 6.34. The van der Waals surface area contributed by atoms with E-state index < -0.39 is 0 Å². The molecule has 0 unspecified atom stereocenters. The van der Waals surface area contributed by atoms with E-state index in [1.54, 1.807) is 22.9 Å². The molecule has 1 heterocycles. The zero-order valence-corrected chi connectivity index (χ0v) is 14.2. The number of allylic oxidation sites excluding steroid dienone is 1. The van der Waals surface area contributed by atoms with Gasteiger partial charge in [-0.05, 0) is 25.0 Å². The normalized spacial score (nSPS) is 15.7. The quantitative estimate of drug-likeness (QED) is 0.864. The highest BCUT2D eigenvalue weighted by Crippen LogP contribution is 2.34. The van der Waals surface area contributed by atoms with Crippen LogP contribution in [0, 0.1) is 12.8 Å². The maximum Gasteiger partial charge on any atom is 0.189 e. The lowest BCUT2D eigenvalue weighted by Gasteiger charge is -2.05. The number of Topliss-reactive ketones (excluding diaryl/α,β-unsaturated/α-hetero) is 1. The third kappa shape index (κ3) is 2.79. The van der Waals surface area contributed by atoms with Gasteiger partial charge in [0.2, 0.25) is 0 Å². The molecule has 0 radical (unpaired) electrons. The van der Waals surface area contributed by atoms with E-state index in [2.05, 4.69) is 18.9 Å². The Morgan fingerprint density at radius 2 is 2.17 bits per heavy atom. The maximum absolute atomic E-state index is 12.5. The Hall–Kier alpha value is -2.07. The minimum atomic E-state index is -0.0528. The summed E-state index contributed by atoms with van der Waals surface area (Å²) in [6.45, 7) is 6.83. The number of carbonyl (C=O) groups excluding carboxylic acids is 1. The number of hydrogen-bond acceptors (Lipinski definition) is 3. The lowest BCUT2D eigenvalue weighted by molar-refractivity contribution is 0.104. The maximum atomic E-state index is 12.5. The molecule has 0 saturated heterocycles. The van der Waals surface area contributed by atoms with Crippen LogP contribution >= 0.6 is 11.6 Å². The molecule has 1 aromatic carbocycles. The molecule has 4 nitrogen and oxygen atoms in total. The van der Waals surface area contributed by atoms with Gasteiger partial charge in [-0.15, -0.1) is 0 Å². The fraction of sp³-hybridized carbons (Fsp3) is 0.333. The number of phenols is 1. The van der Waals surface area contributed by atoms with Crippen molar-refractivity contribution in [1.82, 2.24) is 9.78 Å². The number of carbonyl (C=O) groups is 1. The van der Waals surface area contributed by atoms with E-state index in [9.17, 15) is 9.90 Å². The van der Waals surface area contributed by atoms with Crippen LogP contribution in [0.5, 0.6) is 5.75 Å². The second kappa shape index (κ2) is 5.85. The first-order valence-corrected chi connectivity index (χ1v) is 8.05. The van der Waals surface area contributed by atoms with E-state index in [1.807, 2.05) is 13.0 Å². The lowest BCUT2D eigenvalue weighted by atomic mass is 10.1. The van der Waals surface area contributed by atoms with Crippen molar-refractivity contribution in [2.45, 2.75) is 33.7 Å². The van der Waals surface area contributed by atoms with E-state index in [0.29, 0.717) is 34.2 Å². The number of halogens is 1. The second-order valence-corrected chi connectivity index (χ2v) is 6.70. The number of rotatable bonds is 3. The summed E-state index contributed by atoms with van der Waals surface area (Å²) in [4.78, 5) is 12.5. The van der Waals surface area contributed by atoms with Crippen molar-refractivity contribution in [3.05, 3.63) is 51.3 Å². The Balaban J connectivity index is 2.00. The van der Waals surface area contributed by atoms with Gasteiger partial charge in [0.1, 0.15) is 10.9 Å². The highest BCUT2D eigenvalue weighted by Gasteiger charge is 2.27. The Bertz CT molecular complexity index is 819. The Morgan fingerprint density at radius 3 is 2.83 bits per heavy atom. The van der Waals surface area contributed by atoms with Gasteiger partial charge in [-0.1, -0.05) is 37.6 Å². The van der Waals surface area contributed by atoms with Gasteiger partial charge in [0.15, 0.2) is 5.78 Å². The van der Waals surface area contributed by atoms with Gasteiger partial charge in [-0.3, -0.25) is 9.48 Å². The average molecular weight is 331 g/mol. The van der Waals surface area contributed by atoms with Gasteiger partial charge < -0.3 is 5.11 Å². The van der Waals surface area contributed by atoms with Crippen LogP contribution in [-0.2, 0) is 13.0 Å². The largest absolute Gasteiger partial charge is 0.508 e. The van der Waals surface area contributed by atoms with Crippen LogP contribution in [0.4, 0.5) is 0 Å². The first-order valence-electron chi connectivity index (χ1n) is 7.67. The van der Waals surface area contributed by atoms with Gasteiger partial charge in [-0.2, -0.15) is 5.10 Å². The Morgan fingerprint density at radius 1 is 1.43 bits per heavy atom. The minimum Gasteiger partial charge on any atom is -0.508 e. The molecule has 0 fully saturated rings. The first-order chi connectivity index (χ1) is 10.9. The van der Waals surface area contributed by atoms with Crippen LogP contribution in [0.3, 0.4) is 0 Å². The summed E-state index contributed by atoms with van der Waals surface area (Å²) in [5, 5.41) is 14.9. The van der Waals surface area contributed by atoms with E-state index in [-0.39, 0.29) is 11.5 Å². The minimum absolute atomic E-state index is 0.0528. The monoisotopic (exact) mass is 330 g/mol. The molecule has 0 atom stereocenters. The van der Waals surface area contributed by atoms with Crippen LogP contribution in [-0.4, -0.2) is 20.7 Å². The van der Waals surface area contributed by atoms with E-state index >= 15 is 0 Å². The van der Waals surface area contributed by atoms with Crippen LogP contribution in [0.25, 0.3) is 6.08 Å². The molecule has 1 aliphatic carbocycles. The Labute approximate surface area is 140 Å². The first kappa shape index (κ1) is 15.8. The molecular formula is C18H19ClN2O2. The molecule has 0 saturated carbocycles. The zero-order valence-electron chi connectivity index (χ0n) is 13.4. The number of fused-ring (bicyclic) bond motifs is 1. The van der Waals surface area contributed by atoms with Crippen LogP contribution in [0.15, 0.2) is 23.8 Å². The Kier molecular flexibility index (Phi) is 4.02. The molecule has 5 heteroatoms. The van der Waals surface area contributed by atoms with Gasteiger partial charge >= 0.3 is 0 Å². The van der Waals surface area contributed by atoms with Crippen LogP contribution in [0.1, 0.15) is 41.0 Å². The number of ketones is 1. The zero-order chi connectivity index (χ0) is 16.7. The molecule has 120 valence electrons. The predicted molar refractivity (Wildman–Crippen MR) is 90.9 cm³/mol. The highest BCUT2D eigenvalue weighted by atomic mass is 35.5. The average Bonchev–Trinajstić information content (AvgIpc) is 2.93. The third-order valence-corrected chi connectivity index (χ3v) is 4.42. The van der Waals surface area contributed by atoms with E-state index in [0.717, 1.165) is 17.8 Å². The molecular weight excluding hydrogens is 312 g/mol. The number of nitrogens with zero attached hydrogens (tertiary/aromatic N) is 2. The molecule has 0 amide bonds. The van der Waals surface area contributed by atoms with E-state index in [4.69, 9.17) is 11.6 Å². The highest BCUT2D eigenvalue weighted by molar-refractivity contribution is 6.31. The van der Waals surface area contributed by atoms with Crippen molar-refractivity contribution in [3.63, 3.8) is 0 Å². The summed E-state index contributed by atoms with van der Waals surface area (Å²) < 4.78 is 1.78. The SMILES string of the molecule is Cc1nn(CC(C)C)c(Cl)c1/C=C1\Cc2c(O)cccc2C1=O. The molecule has 1 aliphatic rings. The lowest BCUT2D eigenvalue weighted by Crippen LogP contribution is -2.06. The standard InChI is InChI=1S/C18H19ClN2O2/c1-10(2)9-21-18(19)14(11(3)20-21)7-12-8-15-13(17(12)23)5-4-6-16(15)22/h4-7,10,22H,8-9H2,1-3H3/b12-7+. The number of hydrogen-bond donors (Lipinski definition) is 1.